The number of rotatable bonds is 4. The maximum atomic E-state index is 3.34. The Labute approximate surface area is 87.4 Å². The molecule has 0 saturated carbocycles. The summed E-state index contributed by atoms with van der Waals surface area (Å²) in [7, 11) is 2.28. The quantitative estimate of drug-likeness (QED) is 0.703. The van der Waals surface area contributed by atoms with Crippen molar-refractivity contribution in [3.8, 4) is 0 Å². The molecule has 14 heavy (non-hydrogen) atoms. The molecule has 1 atom stereocenters. The predicted molar refractivity (Wildman–Crippen MR) is 59.6 cm³/mol. The average Bonchev–Trinajstić information content (AvgIpc) is 2.48. The van der Waals surface area contributed by atoms with Crippen LogP contribution in [-0.2, 0) is 0 Å². The van der Waals surface area contributed by atoms with Gasteiger partial charge in [0.1, 0.15) is 0 Å². The van der Waals surface area contributed by atoms with Crippen LogP contribution in [0.5, 0.6) is 0 Å². The van der Waals surface area contributed by atoms with E-state index in [2.05, 4.69) is 29.1 Å². The summed E-state index contributed by atoms with van der Waals surface area (Å²) in [5, 5.41) is 3.34. The Bertz CT molecular complexity index is 179. The monoisotopic (exact) mass is 197 g/mol. The largest absolute Gasteiger partial charge is 0.314 e. The lowest BCUT2D eigenvalue weighted by Crippen LogP contribution is -2.57. The van der Waals surface area contributed by atoms with E-state index in [0.29, 0.717) is 0 Å². The number of nitrogens with one attached hydrogen (secondary N) is 1. The van der Waals surface area contributed by atoms with Crippen LogP contribution in [0.15, 0.2) is 0 Å². The smallest absolute Gasteiger partial charge is 0.0343 e. The highest BCUT2D eigenvalue weighted by Crippen LogP contribution is 2.18. The van der Waals surface area contributed by atoms with Crippen molar-refractivity contribution in [2.75, 3.05) is 39.8 Å². The van der Waals surface area contributed by atoms with Gasteiger partial charge in [-0.25, -0.2) is 0 Å². The first-order chi connectivity index (χ1) is 6.81. The van der Waals surface area contributed by atoms with E-state index in [9.17, 15) is 0 Å². The summed E-state index contributed by atoms with van der Waals surface area (Å²) < 4.78 is 0. The van der Waals surface area contributed by atoms with Crippen molar-refractivity contribution >= 4 is 0 Å². The van der Waals surface area contributed by atoms with Gasteiger partial charge in [0.25, 0.3) is 0 Å². The van der Waals surface area contributed by atoms with E-state index in [1.54, 1.807) is 0 Å². The molecule has 0 spiro atoms. The second-order valence-corrected chi connectivity index (χ2v) is 4.68. The molecule has 3 heteroatoms. The van der Waals surface area contributed by atoms with E-state index in [1.807, 2.05) is 0 Å². The number of likely N-dealkylation sites (N-methyl/N-ethyl adjacent to an activating group) is 2. The summed E-state index contributed by atoms with van der Waals surface area (Å²) in [5.41, 5.74) is 0. The molecular formula is C11H23N3. The summed E-state index contributed by atoms with van der Waals surface area (Å²) in [5.74, 6) is 0. The summed E-state index contributed by atoms with van der Waals surface area (Å²) >= 11 is 0. The number of hydrogen-bond donors (Lipinski definition) is 1. The van der Waals surface area contributed by atoms with Gasteiger partial charge in [-0.3, -0.25) is 9.80 Å². The van der Waals surface area contributed by atoms with Gasteiger partial charge in [-0.05, 0) is 33.0 Å². The molecule has 0 amide bonds. The molecular weight excluding hydrogens is 174 g/mol. The molecule has 0 radical (unpaired) electrons. The van der Waals surface area contributed by atoms with Crippen LogP contribution in [0.4, 0.5) is 0 Å². The minimum atomic E-state index is 0.800. The van der Waals surface area contributed by atoms with Crippen molar-refractivity contribution in [1.82, 2.24) is 15.1 Å². The van der Waals surface area contributed by atoms with Gasteiger partial charge in [0.05, 0.1) is 0 Å². The molecule has 2 aliphatic rings. The van der Waals surface area contributed by atoms with Gasteiger partial charge in [-0.2, -0.15) is 0 Å². The molecule has 1 unspecified atom stereocenters. The molecule has 82 valence electrons. The van der Waals surface area contributed by atoms with Crippen LogP contribution in [0.25, 0.3) is 0 Å². The van der Waals surface area contributed by atoms with Crippen molar-refractivity contribution < 1.29 is 0 Å². The van der Waals surface area contributed by atoms with Crippen molar-refractivity contribution in [2.45, 2.75) is 31.8 Å². The Kier molecular flexibility index (Phi) is 3.42. The number of likely N-dealkylation sites (tertiary alicyclic amines) is 1. The standard InChI is InChI=1S/C11H23N3/c1-3-14-6-4-5-10(14)9-13(2)11-7-12-8-11/h10-12H,3-9H2,1-2H3. The highest BCUT2D eigenvalue weighted by molar-refractivity contribution is 4.87. The van der Waals surface area contributed by atoms with Gasteiger partial charge in [-0.1, -0.05) is 6.92 Å². The van der Waals surface area contributed by atoms with E-state index in [1.165, 1.54) is 45.6 Å². The normalized spacial score (nSPS) is 29.8. The second-order valence-electron chi connectivity index (χ2n) is 4.68. The molecule has 0 aromatic heterocycles. The summed E-state index contributed by atoms with van der Waals surface area (Å²) in [6.07, 6.45) is 2.80. The fourth-order valence-corrected chi connectivity index (χ4v) is 2.58. The second kappa shape index (κ2) is 4.60. The number of nitrogens with zero attached hydrogens (tertiary/aromatic N) is 2. The predicted octanol–water partition coefficient (Wildman–Crippen LogP) is 0.374. The van der Waals surface area contributed by atoms with Crippen LogP contribution in [0.2, 0.25) is 0 Å². The Morgan fingerprint density at radius 3 is 2.79 bits per heavy atom. The molecule has 0 bridgehead atoms. The van der Waals surface area contributed by atoms with Gasteiger partial charge in [0.15, 0.2) is 0 Å². The molecule has 2 saturated heterocycles. The maximum Gasteiger partial charge on any atom is 0.0343 e. The van der Waals surface area contributed by atoms with Gasteiger partial charge >= 0.3 is 0 Å². The third-order valence-corrected chi connectivity index (χ3v) is 3.79. The van der Waals surface area contributed by atoms with Crippen molar-refractivity contribution in [3.05, 3.63) is 0 Å². The van der Waals surface area contributed by atoms with Crippen LogP contribution in [-0.4, -0.2) is 61.7 Å². The van der Waals surface area contributed by atoms with E-state index in [0.717, 1.165) is 12.1 Å². The van der Waals surface area contributed by atoms with Crippen molar-refractivity contribution in [2.24, 2.45) is 0 Å². The van der Waals surface area contributed by atoms with Gasteiger partial charge < -0.3 is 5.32 Å². The third-order valence-electron chi connectivity index (χ3n) is 3.79. The zero-order chi connectivity index (χ0) is 9.97. The molecule has 2 aliphatic heterocycles. The highest BCUT2D eigenvalue weighted by atomic mass is 15.3. The van der Waals surface area contributed by atoms with E-state index in [4.69, 9.17) is 0 Å². The molecule has 2 fully saturated rings. The maximum absolute atomic E-state index is 3.34. The zero-order valence-corrected chi connectivity index (χ0v) is 9.50. The molecule has 2 heterocycles. The Morgan fingerprint density at radius 2 is 2.21 bits per heavy atom. The van der Waals surface area contributed by atoms with Gasteiger partial charge in [0.2, 0.25) is 0 Å². The van der Waals surface area contributed by atoms with Crippen molar-refractivity contribution in [3.63, 3.8) is 0 Å². The Hall–Kier alpha value is -0.120. The molecule has 0 aromatic carbocycles. The fourth-order valence-electron chi connectivity index (χ4n) is 2.58. The lowest BCUT2D eigenvalue weighted by Gasteiger charge is -2.38. The first kappa shape index (κ1) is 10.4. The van der Waals surface area contributed by atoms with Crippen LogP contribution in [0, 0.1) is 0 Å². The average molecular weight is 197 g/mol. The third kappa shape index (κ3) is 2.10. The first-order valence-electron chi connectivity index (χ1n) is 5.96. The van der Waals surface area contributed by atoms with Gasteiger partial charge in [0, 0.05) is 31.7 Å². The molecule has 2 rings (SSSR count). The van der Waals surface area contributed by atoms with Crippen LogP contribution in [0.1, 0.15) is 19.8 Å². The summed E-state index contributed by atoms with van der Waals surface area (Å²) in [6.45, 7) is 8.47. The number of hydrogen-bond acceptors (Lipinski definition) is 3. The molecule has 0 aromatic rings. The van der Waals surface area contributed by atoms with E-state index < -0.39 is 0 Å². The Balaban J connectivity index is 1.77. The van der Waals surface area contributed by atoms with Crippen LogP contribution < -0.4 is 5.32 Å². The lowest BCUT2D eigenvalue weighted by atomic mass is 10.1. The SMILES string of the molecule is CCN1CCCC1CN(C)C1CNC1. The summed E-state index contributed by atoms with van der Waals surface area (Å²) in [6, 6.07) is 1.62. The minimum absolute atomic E-state index is 0.800. The van der Waals surface area contributed by atoms with Crippen LogP contribution in [0.3, 0.4) is 0 Å². The van der Waals surface area contributed by atoms with Crippen molar-refractivity contribution in [1.29, 1.82) is 0 Å². The fraction of sp³-hybridized carbons (Fsp3) is 1.00. The van der Waals surface area contributed by atoms with Gasteiger partial charge in [-0.15, -0.1) is 0 Å². The molecule has 1 N–H and O–H groups in total. The highest BCUT2D eigenvalue weighted by Gasteiger charge is 2.28. The van der Waals surface area contributed by atoms with Crippen LogP contribution >= 0.6 is 0 Å². The minimum Gasteiger partial charge on any atom is -0.314 e. The van der Waals surface area contributed by atoms with E-state index in [-0.39, 0.29) is 0 Å². The Morgan fingerprint density at radius 1 is 1.43 bits per heavy atom. The molecule has 3 nitrogen and oxygen atoms in total. The topological polar surface area (TPSA) is 18.5 Å². The lowest BCUT2D eigenvalue weighted by molar-refractivity contribution is 0.132. The summed E-state index contributed by atoms with van der Waals surface area (Å²) in [4.78, 5) is 5.16. The first-order valence-corrected chi connectivity index (χ1v) is 5.96. The van der Waals surface area contributed by atoms with E-state index >= 15 is 0 Å². The zero-order valence-electron chi connectivity index (χ0n) is 9.50. The molecule has 0 aliphatic carbocycles.